The topological polar surface area (TPSA) is 63.9 Å². The lowest BCUT2D eigenvalue weighted by molar-refractivity contribution is 0.0739. The van der Waals surface area contributed by atoms with Gasteiger partial charge in [0.05, 0.1) is 17.4 Å². The van der Waals surface area contributed by atoms with E-state index >= 15 is 0 Å². The number of hydrogen-bond acceptors (Lipinski definition) is 5. The van der Waals surface area contributed by atoms with Crippen LogP contribution in [0.1, 0.15) is 52.4 Å². The zero-order valence-corrected chi connectivity index (χ0v) is 14.4. The van der Waals surface area contributed by atoms with Crippen molar-refractivity contribution >= 4 is 29.0 Å². The molecule has 3 heterocycles. The number of hydrogen-bond donors (Lipinski definition) is 0. The first-order valence-electron chi connectivity index (χ1n) is 7.35. The Labute approximate surface area is 138 Å². The summed E-state index contributed by atoms with van der Waals surface area (Å²) >= 11 is 7.56. The standard InChI is InChI=1S/C14H18ClN5OS/c1-4-9-12(22-18-16-9)14(21)20-7-5-6-10(20)11-8(2)17-19(3)13(11)15/h10H,4-7H2,1-3H3/t10-/m0/s1. The van der Waals surface area contributed by atoms with E-state index in [0.29, 0.717) is 16.5 Å². The van der Waals surface area contributed by atoms with Gasteiger partial charge in [-0.05, 0) is 37.7 Å². The first-order chi connectivity index (χ1) is 10.5. The van der Waals surface area contributed by atoms with E-state index in [0.717, 1.165) is 36.3 Å². The first-order valence-corrected chi connectivity index (χ1v) is 8.50. The van der Waals surface area contributed by atoms with Crippen LogP contribution in [0, 0.1) is 6.92 Å². The third kappa shape index (κ3) is 2.42. The van der Waals surface area contributed by atoms with Crippen LogP contribution >= 0.6 is 23.1 Å². The maximum atomic E-state index is 12.9. The number of aromatic nitrogens is 4. The van der Waals surface area contributed by atoms with E-state index in [1.807, 2.05) is 25.8 Å². The fourth-order valence-corrected chi connectivity index (χ4v) is 4.08. The minimum absolute atomic E-state index is 0.00803. The number of rotatable bonds is 3. The second-order valence-corrected chi connectivity index (χ2v) is 6.58. The Morgan fingerprint density at radius 1 is 1.50 bits per heavy atom. The predicted octanol–water partition coefficient (Wildman–Crippen LogP) is 2.77. The molecule has 2 aromatic rings. The molecule has 0 spiro atoms. The van der Waals surface area contributed by atoms with Crippen molar-refractivity contribution in [3.63, 3.8) is 0 Å². The number of carbonyl (C=O) groups excluding carboxylic acids is 1. The second-order valence-electron chi connectivity index (χ2n) is 5.47. The molecule has 1 amide bonds. The van der Waals surface area contributed by atoms with E-state index in [2.05, 4.69) is 14.7 Å². The molecule has 0 bridgehead atoms. The quantitative estimate of drug-likeness (QED) is 0.862. The Bertz CT molecular complexity index is 710. The fourth-order valence-electron chi connectivity index (χ4n) is 3.07. The summed E-state index contributed by atoms with van der Waals surface area (Å²) in [5.74, 6) is 0.00803. The molecule has 0 aliphatic carbocycles. The number of carbonyl (C=O) groups is 1. The van der Waals surface area contributed by atoms with Crippen LogP contribution in [-0.4, -0.2) is 36.7 Å². The number of likely N-dealkylation sites (tertiary alicyclic amines) is 1. The molecule has 1 aliphatic heterocycles. The van der Waals surface area contributed by atoms with Gasteiger partial charge in [0.25, 0.3) is 5.91 Å². The van der Waals surface area contributed by atoms with Crippen LogP contribution in [0.2, 0.25) is 5.15 Å². The maximum Gasteiger partial charge on any atom is 0.268 e. The molecule has 3 rings (SSSR count). The van der Waals surface area contributed by atoms with Crippen molar-refractivity contribution < 1.29 is 4.79 Å². The minimum Gasteiger partial charge on any atom is -0.331 e. The SMILES string of the molecule is CCc1nnsc1C(=O)N1CCC[C@H]1c1c(C)nn(C)c1Cl. The van der Waals surface area contributed by atoms with Gasteiger partial charge in [0.15, 0.2) is 0 Å². The molecule has 0 unspecified atom stereocenters. The van der Waals surface area contributed by atoms with Gasteiger partial charge in [-0.15, -0.1) is 5.10 Å². The molecule has 0 N–H and O–H groups in total. The highest BCUT2D eigenvalue weighted by Gasteiger charge is 2.36. The van der Waals surface area contributed by atoms with Crippen molar-refractivity contribution in [1.82, 2.24) is 24.3 Å². The molecule has 1 saturated heterocycles. The average molecular weight is 340 g/mol. The van der Waals surface area contributed by atoms with Crippen LogP contribution in [0.5, 0.6) is 0 Å². The van der Waals surface area contributed by atoms with E-state index in [1.165, 1.54) is 11.5 Å². The molecule has 0 saturated carbocycles. The summed E-state index contributed by atoms with van der Waals surface area (Å²) in [5, 5.41) is 9.02. The van der Waals surface area contributed by atoms with Crippen LogP contribution in [-0.2, 0) is 13.5 Å². The second kappa shape index (κ2) is 5.96. The normalized spacial score (nSPS) is 18.2. The molecule has 0 radical (unpaired) electrons. The lowest BCUT2D eigenvalue weighted by Gasteiger charge is -2.24. The zero-order chi connectivity index (χ0) is 15.9. The van der Waals surface area contributed by atoms with Gasteiger partial charge in [-0.1, -0.05) is 23.0 Å². The Kier molecular flexibility index (Phi) is 4.18. The molecular weight excluding hydrogens is 322 g/mol. The Morgan fingerprint density at radius 3 is 2.91 bits per heavy atom. The number of halogens is 1. The van der Waals surface area contributed by atoms with E-state index in [4.69, 9.17) is 11.6 Å². The van der Waals surface area contributed by atoms with Crippen LogP contribution in [0.15, 0.2) is 0 Å². The third-order valence-corrected chi connectivity index (χ3v) is 5.33. The summed E-state index contributed by atoms with van der Waals surface area (Å²) in [5.41, 5.74) is 2.62. The maximum absolute atomic E-state index is 12.9. The van der Waals surface area contributed by atoms with Crippen molar-refractivity contribution in [2.45, 2.75) is 39.2 Å². The van der Waals surface area contributed by atoms with E-state index in [-0.39, 0.29) is 11.9 Å². The number of aryl methyl sites for hydroxylation is 3. The van der Waals surface area contributed by atoms with E-state index < -0.39 is 0 Å². The molecule has 1 fully saturated rings. The predicted molar refractivity (Wildman–Crippen MR) is 85.3 cm³/mol. The average Bonchev–Trinajstić information content (AvgIpc) is 3.19. The summed E-state index contributed by atoms with van der Waals surface area (Å²) < 4.78 is 5.59. The summed E-state index contributed by atoms with van der Waals surface area (Å²) in [6.07, 6.45) is 2.59. The van der Waals surface area contributed by atoms with Gasteiger partial charge < -0.3 is 4.90 Å². The lowest BCUT2D eigenvalue weighted by atomic mass is 10.1. The van der Waals surface area contributed by atoms with Gasteiger partial charge in [-0.2, -0.15) is 5.10 Å². The van der Waals surface area contributed by atoms with Crippen LogP contribution in [0.25, 0.3) is 0 Å². The van der Waals surface area contributed by atoms with Crippen molar-refractivity contribution in [3.8, 4) is 0 Å². The molecule has 6 nitrogen and oxygen atoms in total. The third-order valence-electron chi connectivity index (χ3n) is 4.13. The van der Waals surface area contributed by atoms with Crippen molar-refractivity contribution in [2.24, 2.45) is 7.05 Å². The van der Waals surface area contributed by atoms with E-state index in [1.54, 1.807) is 4.68 Å². The molecule has 22 heavy (non-hydrogen) atoms. The largest absolute Gasteiger partial charge is 0.331 e. The minimum atomic E-state index is -0.0134. The zero-order valence-electron chi connectivity index (χ0n) is 12.8. The Morgan fingerprint density at radius 2 is 2.27 bits per heavy atom. The van der Waals surface area contributed by atoms with Crippen LogP contribution < -0.4 is 0 Å². The van der Waals surface area contributed by atoms with Crippen molar-refractivity contribution in [1.29, 1.82) is 0 Å². The summed E-state index contributed by atoms with van der Waals surface area (Å²) in [6, 6.07) is -0.0134. The molecule has 0 aromatic carbocycles. The highest BCUT2D eigenvalue weighted by molar-refractivity contribution is 7.08. The van der Waals surface area contributed by atoms with Crippen LogP contribution in [0.4, 0.5) is 0 Å². The van der Waals surface area contributed by atoms with Gasteiger partial charge >= 0.3 is 0 Å². The van der Waals surface area contributed by atoms with Crippen molar-refractivity contribution in [3.05, 3.63) is 27.0 Å². The van der Waals surface area contributed by atoms with Gasteiger partial charge in [-0.3, -0.25) is 9.48 Å². The van der Waals surface area contributed by atoms with Gasteiger partial charge in [-0.25, -0.2) is 0 Å². The highest BCUT2D eigenvalue weighted by Crippen LogP contribution is 2.38. The molecule has 1 aliphatic rings. The molecule has 2 aromatic heterocycles. The molecule has 118 valence electrons. The Balaban J connectivity index is 1.95. The smallest absolute Gasteiger partial charge is 0.268 e. The lowest BCUT2D eigenvalue weighted by Crippen LogP contribution is -2.31. The molecule has 8 heteroatoms. The number of amides is 1. The monoisotopic (exact) mass is 339 g/mol. The molecule has 1 atom stereocenters. The van der Waals surface area contributed by atoms with Gasteiger partial charge in [0.1, 0.15) is 10.0 Å². The highest BCUT2D eigenvalue weighted by atomic mass is 35.5. The summed E-state index contributed by atoms with van der Waals surface area (Å²) in [4.78, 5) is 15.4. The van der Waals surface area contributed by atoms with Gasteiger partial charge in [0, 0.05) is 19.2 Å². The summed E-state index contributed by atoms with van der Waals surface area (Å²) in [6.45, 7) is 4.65. The molecular formula is C14H18ClN5OS. The number of nitrogens with zero attached hydrogens (tertiary/aromatic N) is 5. The van der Waals surface area contributed by atoms with Crippen molar-refractivity contribution in [2.75, 3.05) is 6.54 Å². The van der Waals surface area contributed by atoms with Gasteiger partial charge in [0.2, 0.25) is 0 Å². The first kappa shape index (κ1) is 15.4. The Hall–Kier alpha value is -1.47. The fraction of sp³-hybridized carbons (Fsp3) is 0.571. The van der Waals surface area contributed by atoms with Crippen LogP contribution in [0.3, 0.4) is 0 Å². The summed E-state index contributed by atoms with van der Waals surface area (Å²) in [7, 11) is 1.82. The van der Waals surface area contributed by atoms with E-state index in [9.17, 15) is 4.79 Å².